The Morgan fingerprint density at radius 3 is 2.47 bits per heavy atom. The van der Waals surface area contributed by atoms with Crippen LogP contribution in [0, 0.1) is 17.3 Å². The van der Waals surface area contributed by atoms with Gasteiger partial charge in [-0.25, -0.2) is 0 Å². The van der Waals surface area contributed by atoms with Gasteiger partial charge in [-0.1, -0.05) is 56.3 Å². The third-order valence-electron chi connectivity index (χ3n) is 3.81. The molecule has 2 heteroatoms. The molecule has 0 bridgehead atoms. The van der Waals surface area contributed by atoms with E-state index < -0.39 is 0 Å². The highest BCUT2D eigenvalue weighted by atomic mass is 16.5. The van der Waals surface area contributed by atoms with Crippen molar-refractivity contribution >= 4 is 12.0 Å². The van der Waals surface area contributed by atoms with Crippen LogP contribution >= 0.6 is 0 Å². The van der Waals surface area contributed by atoms with Crippen molar-refractivity contribution in [1.29, 1.82) is 0 Å². The number of carbonyl (C=O) groups excluding carboxylic acids is 1. The lowest BCUT2D eigenvalue weighted by Crippen LogP contribution is -2.15. The molecule has 102 valence electrons. The maximum atomic E-state index is 12.0. The van der Waals surface area contributed by atoms with Crippen molar-refractivity contribution in [2.75, 3.05) is 0 Å². The Hall–Kier alpha value is -1.57. The van der Waals surface area contributed by atoms with Gasteiger partial charge in [0, 0.05) is 0 Å². The van der Waals surface area contributed by atoms with Crippen molar-refractivity contribution in [2.24, 2.45) is 17.3 Å². The zero-order valence-electron chi connectivity index (χ0n) is 12.1. The Balaban J connectivity index is 2.02. The van der Waals surface area contributed by atoms with Crippen molar-refractivity contribution in [2.45, 2.75) is 33.8 Å². The Morgan fingerprint density at radius 2 is 1.89 bits per heavy atom. The van der Waals surface area contributed by atoms with Crippen LogP contribution in [0.3, 0.4) is 0 Å². The highest BCUT2D eigenvalue weighted by Crippen LogP contribution is 2.59. The lowest BCUT2D eigenvalue weighted by atomic mass is 10.1. The van der Waals surface area contributed by atoms with Crippen molar-refractivity contribution in [3.63, 3.8) is 0 Å². The Kier molecular flexibility index (Phi) is 3.79. The molecule has 0 aliphatic heterocycles. The van der Waals surface area contributed by atoms with Gasteiger partial charge in [0.05, 0.1) is 12.0 Å². The van der Waals surface area contributed by atoms with Gasteiger partial charge in [-0.2, -0.15) is 0 Å². The molecule has 0 aromatic heterocycles. The molecule has 1 aromatic carbocycles. The molecule has 1 aromatic rings. The van der Waals surface area contributed by atoms with E-state index in [9.17, 15) is 4.79 Å². The van der Waals surface area contributed by atoms with Gasteiger partial charge < -0.3 is 4.74 Å². The van der Waals surface area contributed by atoms with Crippen LogP contribution in [-0.2, 0) is 9.53 Å². The molecular weight excluding hydrogens is 236 g/mol. The highest BCUT2D eigenvalue weighted by Gasteiger charge is 2.61. The van der Waals surface area contributed by atoms with Gasteiger partial charge in [0.2, 0.25) is 0 Å². The molecule has 1 fully saturated rings. The molecule has 0 amide bonds. The molecule has 0 N–H and O–H groups in total. The maximum Gasteiger partial charge on any atom is 0.310 e. The summed E-state index contributed by atoms with van der Waals surface area (Å²) >= 11 is 0. The summed E-state index contributed by atoms with van der Waals surface area (Å²) in [6, 6.07) is 10.2. The summed E-state index contributed by atoms with van der Waals surface area (Å²) < 4.78 is 5.32. The molecule has 0 heterocycles. The van der Waals surface area contributed by atoms with E-state index in [1.165, 1.54) is 5.56 Å². The van der Waals surface area contributed by atoms with Crippen LogP contribution in [0.1, 0.15) is 33.3 Å². The van der Waals surface area contributed by atoms with Gasteiger partial charge in [-0.3, -0.25) is 4.79 Å². The topological polar surface area (TPSA) is 26.3 Å². The standard InChI is InChI=1S/C17H22O2/c1-12(2)19-16(18)15-14(17(15,3)4)11-10-13-8-6-5-7-9-13/h5-12,14-15H,1-4H3. The lowest BCUT2D eigenvalue weighted by Gasteiger charge is -2.08. The summed E-state index contributed by atoms with van der Waals surface area (Å²) in [6.45, 7) is 8.03. The summed E-state index contributed by atoms with van der Waals surface area (Å²) in [6.07, 6.45) is 4.19. The fourth-order valence-corrected chi connectivity index (χ4v) is 2.57. The van der Waals surface area contributed by atoms with E-state index in [1.807, 2.05) is 32.0 Å². The second-order valence-electron chi connectivity index (χ2n) is 6.08. The van der Waals surface area contributed by atoms with Gasteiger partial charge >= 0.3 is 5.97 Å². The summed E-state index contributed by atoms with van der Waals surface area (Å²) in [4.78, 5) is 12.0. The first kappa shape index (κ1) is 13.9. The van der Waals surface area contributed by atoms with Crippen LogP contribution in [-0.4, -0.2) is 12.1 Å². The maximum absolute atomic E-state index is 12.0. The zero-order chi connectivity index (χ0) is 14.0. The third kappa shape index (κ3) is 3.06. The molecule has 0 radical (unpaired) electrons. The minimum Gasteiger partial charge on any atom is -0.463 e. The van der Waals surface area contributed by atoms with E-state index in [4.69, 9.17) is 4.74 Å². The number of rotatable bonds is 4. The number of hydrogen-bond acceptors (Lipinski definition) is 2. The predicted molar refractivity (Wildman–Crippen MR) is 77.5 cm³/mol. The summed E-state index contributed by atoms with van der Waals surface area (Å²) in [7, 11) is 0. The average molecular weight is 258 g/mol. The van der Waals surface area contributed by atoms with Crippen LogP contribution < -0.4 is 0 Å². The monoisotopic (exact) mass is 258 g/mol. The average Bonchev–Trinajstić information content (AvgIpc) is 2.89. The van der Waals surface area contributed by atoms with E-state index in [-0.39, 0.29) is 29.3 Å². The molecule has 1 aliphatic carbocycles. The third-order valence-corrected chi connectivity index (χ3v) is 3.81. The second-order valence-corrected chi connectivity index (χ2v) is 6.08. The quantitative estimate of drug-likeness (QED) is 0.765. The first-order valence-corrected chi connectivity index (χ1v) is 6.86. The molecule has 1 saturated carbocycles. The van der Waals surface area contributed by atoms with Gasteiger partial charge in [-0.15, -0.1) is 0 Å². The van der Waals surface area contributed by atoms with Gasteiger partial charge in [-0.05, 0) is 30.7 Å². The number of hydrogen-bond donors (Lipinski definition) is 0. The van der Waals surface area contributed by atoms with Crippen LogP contribution in [0.15, 0.2) is 36.4 Å². The van der Waals surface area contributed by atoms with E-state index in [1.54, 1.807) is 0 Å². The molecule has 0 spiro atoms. The Labute approximate surface area is 115 Å². The van der Waals surface area contributed by atoms with Crippen LogP contribution in [0.4, 0.5) is 0 Å². The van der Waals surface area contributed by atoms with Gasteiger partial charge in [0.25, 0.3) is 0 Å². The predicted octanol–water partition coefficient (Wildman–Crippen LogP) is 3.92. The molecule has 2 rings (SSSR count). The van der Waals surface area contributed by atoms with Crippen molar-refractivity contribution in [3.8, 4) is 0 Å². The van der Waals surface area contributed by atoms with Crippen LogP contribution in [0.2, 0.25) is 0 Å². The highest BCUT2D eigenvalue weighted by molar-refractivity contribution is 5.78. The molecule has 19 heavy (non-hydrogen) atoms. The summed E-state index contributed by atoms with van der Waals surface area (Å²) in [5.41, 5.74) is 1.18. The van der Waals surface area contributed by atoms with Crippen LogP contribution in [0.5, 0.6) is 0 Å². The number of allylic oxidation sites excluding steroid dienone is 1. The summed E-state index contributed by atoms with van der Waals surface area (Å²) in [5, 5.41) is 0. The first-order chi connectivity index (χ1) is 8.93. The molecule has 1 aliphatic rings. The molecular formula is C17H22O2. The minimum atomic E-state index is -0.0669. The lowest BCUT2D eigenvalue weighted by molar-refractivity contribution is -0.150. The van der Waals surface area contributed by atoms with Crippen molar-refractivity contribution in [3.05, 3.63) is 42.0 Å². The molecule has 2 unspecified atom stereocenters. The van der Waals surface area contributed by atoms with Gasteiger partial charge in [0.1, 0.15) is 0 Å². The van der Waals surface area contributed by atoms with Crippen molar-refractivity contribution in [1.82, 2.24) is 0 Å². The van der Waals surface area contributed by atoms with E-state index >= 15 is 0 Å². The molecule has 0 saturated heterocycles. The van der Waals surface area contributed by atoms with Crippen molar-refractivity contribution < 1.29 is 9.53 Å². The Morgan fingerprint density at radius 1 is 1.26 bits per heavy atom. The smallest absolute Gasteiger partial charge is 0.310 e. The number of benzene rings is 1. The van der Waals surface area contributed by atoms with E-state index in [0.717, 1.165) is 0 Å². The Bertz CT molecular complexity index is 471. The number of esters is 1. The first-order valence-electron chi connectivity index (χ1n) is 6.86. The normalized spacial score (nSPS) is 24.7. The molecule has 2 atom stereocenters. The summed E-state index contributed by atoms with van der Waals surface area (Å²) in [5.74, 6) is 0.205. The fraction of sp³-hybridized carbons (Fsp3) is 0.471. The number of ether oxygens (including phenoxy) is 1. The van der Waals surface area contributed by atoms with E-state index in [0.29, 0.717) is 0 Å². The zero-order valence-corrected chi connectivity index (χ0v) is 12.1. The van der Waals surface area contributed by atoms with E-state index in [2.05, 4.69) is 38.1 Å². The van der Waals surface area contributed by atoms with Crippen LogP contribution in [0.25, 0.3) is 6.08 Å². The SMILES string of the molecule is CC(C)OC(=O)C1C(C=Cc2ccccc2)C1(C)C. The largest absolute Gasteiger partial charge is 0.463 e. The number of carbonyl (C=O) groups is 1. The molecule has 2 nitrogen and oxygen atoms in total. The fourth-order valence-electron chi connectivity index (χ4n) is 2.57. The second kappa shape index (κ2) is 5.20. The minimum absolute atomic E-state index is 0.00476. The van der Waals surface area contributed by atoms with Gasteiger partial charge in [0.15, 0.2) is 0 Å².